The number of Topliss-reactive ketones (excluding diaryl/α,β-unsaturated/α-hetero) is 1. The number of hydrogen-bond donors (Lipinski definition) is 0. The van der Waals surface area contributed by atoms with Crippen LogP contribution in [0.2, 0.25) is 0 Å². The number of nitrogens with zero attached hydrogens (tertiary/aromatic N) is 2. The lowest BCUT2D eigenvalue weighted by molar-refractivity contribution is 0.0974. The second-order valence-electron chi connectivity index (χ2n) is 11.6. The molecule has 3 aromatic rings. The normalized spacial score (nSPS) is 16.4. The van der Waals surface area contributed by atoms with Crippen molar-refractivity contribution in [3.05, 3.63) is 106 Å². The molecule has 40 heavy (non-hydrogen) atoms. The zero-order chi connectivity index (χ0) is 26.3. The number of piperidine rings is 1. The Balaban J connectivity index is 0.00000220. The van der Waals surface area contributed by atoms with E-state index in [0.29, 0.717) is 12.2 Å². The van der Waals surface area contributed by atoms with Gasteiger partial charge in [-0.3, -0.25) is 14.6 Å². The Labute approximate surface area is 254 Å². The van der Waals surface area contributed by atoms with Crippen molar-refractivity contribution in [3.8, 4) is 0 Å². The van der Waals surface area contributed by atoms with Crippen LogP contribution in [0.25, 0.3) is 0 Å². The van der Waals surface area contributed by atoms with Crippen LogP contribution in [0.1, 0.15) is 75.8 Å². The largest absolute Gasteiger partial charge is 0.299 e. The van der Waals surface area contributed by atoms with Gasteiger partial charge in [-0.25, -0.2) is 0 Å². The Bertz CT molecular complexity index is 1240. The first-order valence-electron chi connectivity index (χ1n) is 14.7. The summed E-state index contributed by atoms with van der Waals surface area (Å²) < 4.78 is 0. The molecular formula is C35H46Cl2N2O. The van der Waals surface area contributed by atoms with Crippen LogP contribution in [-0.4, -0.2) is 41.8 Å². The molecule has 3 nitrogen and oxygen atoms in total. The maximum Gasteiger partial charge on any atom is 0.162 e. The first-order chi connectivity index (χ1) is 18.5. The number of halogens is 2. The number of carbonyl (C=O) groups is 1. The fourth-order valence-electron chi connectivity index (χ4n) is 6.29. The first kappa shape index (κ1) is 32.3. The molecular weight excluding hydrogens is 535 g/mol. The van der Waals surface area contributed by atoms with Gasteiger partial charge in [0.25, 0.3) is 0 Å². The lowest BCUT2D eigenvalue weighted by Gasteiger charge is -2.32. The number of aryl methyl sites for hydroxylation is 2. The molecule has 0 unspecified atom stereocenters. The summed E-state index contributed by atoms with van der Waals surface area (Å²) in [6.45, 7) is 11.0. The molecule has 0 radical (unpaired) electrons. The third-order valence-corrected chi connectivity index (χ3v) is 8.96. The predicted molar refractivity (Wildman–Crippen MR) is 172 cm³/mol. The van der Waals surface area contributed by atoms with E-state index in [-0.39, 0.29) is 24.8 Å². The van der Waals surface area contributed by atoms with Crippen molar-refractivity contribution in [1.29, 1.82) is 0 Å². The number of fused-ring (bicyclic) bond motifs is 1. The van der Waals surface area contributed by atoms with E-state index < -0.39 is 0 Å². The Kier molecular flexibility index (Phi) is 12.7. The smallest absolute Gasteiger partial charge is 0.162 e. The van der Waals surface area contributed by atoms with Crippen LogP contribution >= 0.6 is 24.8 Å². The van der Waals surface area contributed by atoms with Gasteiger partial charge in [0.15, 0.2) is 5.78 Å². The standard InChI is InChI=1S/C35H44N2O.2ClH/c1-27-8-3-5-11-33(27)25-36-20-16-29(17-21-36)10-7-13-35(38)32-15-14-30-18-22-37(23-19-31(30)24-32)26-34-12-6-4-9-28(34)2;;/h3-6,8-9,11-12,14-15,24,29H,7,10,13,16-23,25-26H2,1-2H3;2*1H. The minimum atomic E-state index is 0. The van der Waals surface area contributed by atoms with Crippen LogP contribution in [0.15, 0.2) is 66.7 Å². The number of rotatable bonds is 9. The molecule has 0 N–H and O–H groups in total. The summed E-state index contributed by atoms with van der Waals surface area (Å²) in [5.74, 6) is 1.09. The van der Waals surface area contributed by atoms with Crippen molar-refractivity contribution in [1.82, 2.24) is 9.80 Å². The topological polar surface area (TPSA) is 23.6 Å². The Morgan fingerprint density at radius 2 is 1.27 bits per heavy atom. The van der Waals surface area contributed by atoms with Crippen LogP contribution in [0, 0.1) is 19.8 Å². The van der Waals surface area contributed by atoms with Crippen molar-refractivity contribution < 1.29 is 4.79 Å². The number of hydrogen-bond acceptors (Lipinski definition) is 3. The average molecular weight is 582 g/mol. The molecule has 0 amide bonds. The summed E-state index contributed by atoms with van der Waals surface area (Å²) >= 11 is 0. The predicted octanol–water partition coefficient (Wildman–Crippen LogP) is 8.01. The molecule has 2 aliphatic heterocycles. The van der Waals surface area contributed by atoms with E-state index in [2.05, 4.69) is 90.4 Å². The van der Waals surface area contributed by atoms with Gasteiger partial charge in [-0.15, -0.1) is 24.8 Å². The zero-order valence-corrected chi connectivity index (χ0v) is 25.9. The highest BCUT2D eigenvalue weighted by molar-refractivity contribution is 5.96. The average Bonchev–Trinajstić information content (AvgIpc) is 3.14. The third-order valence-electron chi connectivity index (χ3n) is 8.96. The zero-order valence-electron chi connectivity index (χ0n) is 24.2. The van der Waals surface area contributed by atoms with Crippen molar-refractivity contribution in [3.63, 3.8) is 0 Å². The Morgan fingerprint density at radius 3 is 1.88 bits per heavy atom. The first-order valence-corrected chi connectivity index (χ1v) is 14.7. The van der Waals surface area contributed by atoms with Gasteiger partial charge in [0.2, 0.25) is 0 Å². The SMILES string of the molecule is Cc1ccccc1CN1CCc2ccc(C(=O)CCCC3CCN(Cc4ccccc4C)CC3)cc2CC1.Cl.Cl. The summed E-state index contributed by atoms with van der Waals surface area (Å²) in [6.07, 6.45) is 7.50. The highest BCUT2D eigenvalue weighted by atomic mass is 35.5. The van der Waals surface area contributed by atoms with Crippen LogP contribution in [0.3, 0.4) is 0 Å². The maximum atomic E-state index is 13.1. The minimum absolute atomic E-state index is 0. The number of ketones is 1. The fourth-order valence-corrected chi connectivity index (χ4v) is 6.29. The molecule has 0 bridgehead atoms. The van der Waals surface area contributed by atoms with E-state index in [4.69, 9.17) is 0 Å². The van der Waals surface area contributed by atoms with Crippen molar-refractivity contribution in [2.45, 2.75) is 71.9 Å². The number of benzene rings is 3. The molecule has 216 valence electrons. The van der Waals surface area contributed by atoms with Crippen LogP contribution in [-0.2, 0) is 25.9 Å². The molecule has 0 saturated carbocycles. The second-order valence-corrected chi connectivity index (χ2v) is 11.6. The molecule has 1 fully saturated rings. The van der Waals surface area contributed by atoms with Gasteiger partial charge in [-0.1, -0.05) is 60.7 Å². The molecule has 0 aromatic heterocycles. The van der Waals surface area contributed by atoms with Gasteiger partial charge in [0.1, 0.15) is 0 Å². The quantitative estimate of drug-likeness (QED) is 0.239. The molecule has 1 saturated heterocycles. The van der Waals surface area contributed by atoms with Crippen LogP contribution < -0.4 is 0 Å². The summed E-state index contributed by atoms with van der Waals surface area (Å²) in [4.78, 5) is 18.2. The molecule has 3 aromatic carbocycles. The maximum absolute atomic E-state index is 13.1. The van der Waals surface area contributed by atoms with Gasteiger partial charge in [-0.05, 0) is 111 Å². The van der Waals surface area contributed by atoms with Gasteiger partial charge >= 0.3 is 0 Å². The monoisotopic (exact) mass is 580 g/mol. The van der Waals surface area contributed by atoms with Crippen LogP contribution in [0.5, 0.6) is 0 Å². The lowest BCUT2D eigenvalue weighted by Crippen LogP contribution is -2.33. The number of carbonyl (C=O) groups excluding carboxylic acids is 1. The van der Waals surface area contributed by atoms with Crippen molar-refractivity contribution in [2.75, 3.05) is 26.2 Å². The Morgan fingerprint density at radius 1 is 0.725 bits per heavy atom. The molecule has 0 spiro atoms. The van der Waals surface area contributed by atoms with Gasteiger partial charge in [-0.2, -0.15) is 0 Å². The van der Waals surface area contributed by atoms with Crippen molar-refractivity contribution >= 4 is 30.6 Å². The Hall–Kier alpha value is -2.17. The van der Waals surface area contributed by atoms with E-state index in [1.54, 1.807) is 0 Å². The molecule has 2 aliphatic rings. The van der Waals surface area contributed by atoms with Crippen molar-refractivity contribution in [2.24, 2.45) is 5.92 Å². The molecule has 5 heteroatoms. The minimum Gasteiger partial charge on any atom is -0.299 e. The summed E-state index contributed by atoms with van der Waals surface area (Å²) in [7, 11) is 0. The van der Waals surface area contributed by atoms with Gasteiger partial charge in [0.05, 0.1) is 0 Å². The molecule has 2 heterocycles. The second kappa shape index (κ2) is 15.7. The summed E-state index contributed by atoms with van der Waals surface area (Å²) in [6, 6.07) is 24.0. The van der Waals surface area contributed by atoms with E-state index in [9.17, 15) is 4.79 Å². The van der Waals surface area contributed by atoms with E-state index in [1.165, 1.54) is 65.7 Å². The highest BCUT2D eigenvalue weighted by Crippen LogP contribution is 2.26. The van der Waals surface area contributed by atoms with E-state index in [1.807, 2.05) is 0 Å². The fraction of sp³-hybridized carbons (Fsp3) is 0.457. The summed E-state index contributed by atoms with van der Waals surface area (Å²) in [5.41, 5.74) is 9.36. The summed E-state index contributed by atoms with van der Waals surface area (Å²) in [5, 5.41) is 0. The van der Waals surface area contributed by atoms with Gasteiger partial charge in [0, 0.05) is 38.2 Å². The van der Waals surface area contributed by atoms with E-state index in [0.717, 1.165) is 56.9 Å². The van der Waals surface area contributed by atoms with Gasteiger partial charge < -0.3 is 0 Å². The number of likely N-dealkylation sites (tertiary alicyclic amines) is 1. The third kappa shape index (κ3) is 8.66. The lowest BCUT2D eigenvalue weighted by atomic mass is 9.90. The molecule has 0 atom stereocenters. The highest BCUT2D eigenvalue weighted by Gasteiger charge is 2.21. The molecule has 5 rings (SSSR count). The van der Waals surface area contributed by atoms with Crippen LogP contribution in [0.4, 0.5) is 0 Å². The van der Waals surface area contributed by atoms with E-state index >= 15 is 0 Å². The molecule has 0 aliphatic carbocycles.